The molecule has 1 aliphatic rings. The van der Waals surface area contributed by atoms with Gasteiger partial charge in [-0.05, 0) is 32.4 Å². The van der Waals surface area contributed by atoms with E-state index in [-0.39, 0.29) is 16.7 Å². The van der Waals surface area contributed by atoms with Crippen LogP contribution in [0.4, 0.5) is 4.39 Å². The summed E-state index contributed by atoms with van der Waals surface area (Å²) in [4.78, 5) is 0. The largest absolute Gasteiger partial charge is 0.372 e. The molecule has 1 fully saturated rings. The average molecular weight is 292 g/mol. The Bertz CT molecular complexity index is 451. The van der Waals surface area contributed by atoms with Crippen LogP contribution >= 0.6 is 23.2 Å². The Morgan fingerprint density at radius 1 is 1.33 bits per heavy atom. The van der Waals surface area contributed by atoms with Crippen LogP contribution in [0.1, 0.15) is 31.9 Å². The van der Waals surface area contributed by atoms with E-state index in [1.165, 1.54) is 12.1 Å². The van der Waals surface area contributed by atoms with Crippen molar-refractivity contribution in [2.24, 2.45) is 0 Å². The Hall–Kier alpha value is -0.350. The summed E-state index contributed by atoms with van der Waals surface area (Å²) in [5.74, 6) is -0.469. The zero-order valence-electron chi connectivity index (χ0n) is 10.4. The lowest BCUT2D eigenvalue weighted by atomic mass is 10.0. The molecule has 2 rings (SSSR count). The van der Waals surface area contributed by atoms with Crippen molar-refractivity contribution in [1.29, 1.82) is 0 Å². The molecule has 1 heterocycles. The Labute approximate surface area is 116 Å². The summed E-state index contributed by atoms with van der Waals surface area (Å²) in [7, 11) is 0. The van der Waals surface area contributed by atoms with Crippen molar-refractivity contribution in [2.75, 3.05) is 13.2 Å². The quantitative estimate of drug-likeness (QED) is 0.791. The van der Waals surface area contributed by atoms with E-state index in [1.54, 1.807) is 0 Å². The van der Waals surface area contributed by atoms with Crippen LogP contribution < -0.4 is 5.32 Å². The molecular formula is C13H16Cl2FNO. The summed E-state index contributed by atoms with van der Waals surface area (Å²) in [5.41, 5.74) is 0.662. The van der Waals surface area contributed by atoms with Gasteiger partial charge in [0.05, 0.1) is 11.1 Å². The summed E-state index contributed by atoms with van der Waals surface area (Å²) in [6.45, 7) is 5.45. The first-order valence-corrected chi connectivity index (χ1v) is 6.66. The maximum atomic E-state index is 13.5. The van der Waals surface area contributed by atoms with Gasteiger partial charge >= 0.3 is 0 Å². The third-order valence-electron chi connectivity index (χ3n) is 3.20. The minimum Gasteiger partial charge on any atom is -0.372 e. The third-order valence-corrected chi connectivity index (χ3v) is 3.82. The van der Waals surface area contributed by atoms with Gasteiger partial charge in [-0.2, -0.15) is 0 Å². The molecule has 0 saturated carbocycles. The van der Waals surface area contributed by atoms with Gasteiger partial charge in [0, 0.05) is 29.3 Å². The van der Waals surface area contributed by atoms with Crippen molar-refractivity contribution < 1.29 is 9.13 Å². The van der Waals surface area contributed by atoms with E-state index in [1.807, 2.05) is 0 Å². The number of halogens is 3. The predicted octanol–water partition coefficient (Wildman–Crippen LogP) is 3.96. The van der Waals surface area contributed by atoms with Crippen LogP contribution in [0.5, 0.6) is 0 Å². The van der Waals surface area contributed by atoms with Crippen molar-refractivity contribution in [3.63, 3.8) is 0 Å². The summed E-state index contributed by atoms with van der Waals surface area (Å²) in [5, 5.41) is 3.86. The van der Waals surface area contributed by atoms with E-state index in [2.05, 4.69) is 19.2 Å². The van der Waals surface area contributed by atoms with Gasteiger partial charge in [-0.25, -0.2) is 4.39 Å². The van der Waals surface area contributed by atoms with Gasteiger partial charge in [-0.15, -0.1) is 0 Å². The van der Waals surface area contributed by atoms with Crippen molar-refractivity contribution in [3.05, 3.63) is 33.6 Å². The Morgan fingerprint density at radius 3 is 2.78 bits per heavy atom. The fourth-order valence-corrected chi connectivity index (χ4v) is 2.46. The molecule has 100 valence electrons. The highest BCUT2D eigenvalue weighted by atomic mass is 35.5. The molecule has 2 nitrogen and oxygen atoms in total. The minimum absolute atomic E-state index is 0.0200. The topological polar surface area (TPSA) is 21.3 Å². The summed E-state index contributed by atoms with van der Waals surface area (Å²) in [6.07, 6.45) is 0.656. The molecule has 0 amide bonds. The predicted molar refractivity (Wildman–Crippen MR) is 71.8 cm³/mol. The van der Waals surface area contributed by atoms with Crippen molar-refractivity contribution >= 4 is 23.2 Å². The highest BCUT2D eigenvalue weighted by Gasteiger charge is 2.26. The fourth-order valence-electron chi connectivity index (χ4n) is 1.96. The Kier molecular flexibility index (Phi) is 4.17. The van der Waals surface area contributed by atoms with E-state index in [4.69, 9.17) is 27.9 Å². The first-order valence-electron chi connectivity index (χ1n) is 5.90. The molecular weight excluding hydrogens is 276 g/mol. The van der Waals surface area contributed by atoms with Crippen LogP contribution in [-0.4, -0.2) is 18.7 Å². The van der Waals surface area contributed by atoms with Gasteiger partial charge < -0.3 is 10.1 Å². The molecule has 0 bridgehead atoms. The van der Waals surface area contributed by atoms with E-state index in [9.17, 15) is 4.39 Å². The minimum atomic E-state index is -0.469. The second kappa shape index (κ2) is 5.33. The van der Waals surface area contributed by atoms with Gasteiger partial charge in [0.2, 0.25) is 0 Å². The van der Waals surface area contributed by atoms with E-state index in [0.29, 0.717) is 23.7 Å². The molecule has 0 aromatic heterocycles. The molecule has 0 spiro atoms. The molecule has 1 unspecified atom stereocenters. The maximum Gasteiger partial charge on any atom is 0.142 e. The summed E-state index contributed by atoms with van der Waals surface area (Å²) >= 11 is 11.8. The second-order valence-electron chi connectivity index (χ2n) is 5.16. The lowest BCUT2D eigenvalue weighted by Gasteiger charge is -2.23. The molecule has 0 aliphatic carbocycles. The smallest absolute Gasteiger partial charge is 0.142 e. The van der Waals surface area contributed by atoms with Gasteiger partial charge in [0.1, 0.15) is 5.82 Å². The van der Waals surface area contributed by atoms with Crippen LogP contribution in [0.3, 0.4) is 0 Å². The number of rotatable bonds is 1. The van der Waals surface area contributed by atoms with Crippen LogP contribution in [0.25, 0.3) is 0 Å². The van der Waals surface area contributed by atoms with Crippen LogP contribution in [0.2, 0.25) is 10.0 Å². The van der Waals surface area contributed by atoms with Gasteiger partial charge in [-0.1, -0.05) is 23.2 Å². The molecule has 1 aromatic rings. The van der Waals surface area contributed by atoms with Crippen LogP contribution in [0.15, 0.2) is 12.1 Å². The number of hydrogen-bond acceptors (Lipinski definition) is 2. The molecule has 1 aromatic carbocycles. The average Bonchev–Trinajstić information content (AvgIpc) is 2.45. The molecule has 0 radical (unpaired) electrons. The number of ether oxygens (including phenoxy) is 1. The first-order chi connectivity index (χ1) is 8.39. The zero-order chi connectivity index (χ0) is 13.3. The molecule has 1 N–H and O–H groups in total. The van der Waals surface area contributed by atoms with Crippen LogP contribution in [0, 0.1) is 5.82 Å². The molecule has 1 saturated heterocycles. The number of benzene rings is 1. The van der Waals surface area contributed by atoms with E-state index >= 15 is 0 Å². The van der Waals surface area contributed by atoms with Crippen molar-refractivity contribution in [2.45, 2.75) is 31.9 Å². The Balaban J connectivity index is 2.24. The molecule has 1 atom stereocenters. The van der Waals surface area contributed by atoms with E-state index < -0.39 is 5.82 Å². The number of hydrogen-bond donors (Lipinski definition) is 1. The summed E-state index contributed by atoms with van der Waals surface area (Å²) in [6, 6.07) is 2.78. The lowest BCUT2D eigenvalue weighted by Crippen LogP contribution is -2.39. The normalized spacial score (nSPS) is 23.7. The monoisotopic (exact) mass is 291 g/mol. The molecule has 5 heteroatoms. The Morgan fingerprint density at radius 2 is 2.06 bits per heavy atom. The molecule has 1 aliphatic heterocycles. The van der Waals surface area contributed by atoms with Crippen molar-refractivity contribution in [1.82, 2.24) is 5.32 Å². The highest BCUT2D eigenvalue weighted by Crippen LogP contribution is 2.32. The second-order valence-corrected chi connectivity index (χ2v) is 5.98. The highest BCUT2D eigenvalue weighted by molar-refractivity contribution is 6.35. The van der Waals surface area contributed by atoms with Crippen molar-refractivity contribution in [3.8, 4) is 0 Å². The van der Waals surface area contributed by atoms with Crippen LogP contribution in [-0.2, 0) is 4.74 Å². The lowest BCUT2D eigenvalue weighted by molar-refractivity contribution is 0.0655. The van der Waals surface area contributed by atoms with Gasteiger partial charge in [0.15, 0.2) is 0 Å². The van der Waals surface area contributed by atoms with Gasteiger partial charge in [0.25, 0.3) is 0 Å². The van der Waals surface area contributed by atoms with E-state index in [0.717, 1.165) is 6.42 Å². The summed E-state index contributed by atoms with van der Waals surface area (Å²) < 4.78 is 19.2. The first kappa shape index (κ1) is 14.1. The standard InChI is InChI=1S/C13H16Cl2FNO/c1-13(2)3-4-18-12(7-17-13)8-5-11(16)10(15)6-9(8)14/h5-6,12,17H,3-4,7H2,1-2H3. The SMILES string of the molecule is CC1(C)CCOC(c2cc(F)c(Cl)cc2Cl)CN1. The van der Waals surface area contributed by atoms with Gasteiger partial charge in [-0.3, -0.25) is 0 Å². The maximum absolute atomic E-state index is 13.5. The third kappa shape index (κ3) is 3.15. The molecule has 18 heavy (non-hydrogen) atoms. The number of nitrogens with one attached hydrogen (secondary N) is 1. The zero-order valence-corrected chi connectivity index (χ0v) is 11.9. The fraction of sp³-hybridized carbons (Fsp3) is 0.538.